The van der Waals surface area contributed by atoms with Gasteiger partial charge < -0.3 is 9.42 Å². The summed E-state index contributed by atoms with van der Waals surface area (Å²) in [6.45, 7) is 1.02. The molecule has 2 aromatic rings. The predicted octanol–water partition coefficient (Wildman–Crippen LogP) is 2.97. The minimum atomic E-state index is 0.589. The highest BCUT2D eigenvalue weighted by molar-refractivity contribution is 5.53. The van der Waals surface area contributed by atoms with Crippen LogP contribution < -0.4 is 4.90 Å². The van der Waals surface area contributed by atoms with E-state index in [2.05, 4.69) is 15.0 Å². The van der Waals surface area contributed by atoms with E-state index in [1.165, 1.54) is 19.3 Å². The van der Waals surface area contributed by atoms with Gasteiger partial charge in [0.25, 0.3) is 11.8 Å². The zero-order valence-electron chi connectivity index (χ0n) is 10.5. The van der Waals surface area contributed by atoms with Gasteiger partial charge in [0.15, 0.2) is 0 Å². The fraction of sp³-hybridized carbons (Fsp3) is 0.429. The van der Waals surface area contributed by atoms with Gasteiger partial charge in [-0.2, -0.15) is 4.98 Å². The van der Waals surface area contributed by atoms with Crippen molar-refractivity contribution in [2.75, 3.05) is 18.5 Å². The molecule has 4 heteroatoms. The van der Waals surface area contributed by atoms with Crippen LogP contribution in [-0.2, 0) is 0 Å². The standard InChI is InChI=1S/C14H17N3O/c1-17(10-11-6-5-7-11)14-15-13(18-16-14)12-8-3-2-4-9-12/h2-4,8-9,11H,5-7,10H2,1H3. The summed E-state index contributed by atoms with van der Waals surface area (Å²) in [7, 11) is 2.03. The monoisotopic (exact) mass is 243 g/mol. The summed E-state index contributed by atoms with van der Waals surface area (Å²) >= 11 is 0. The van der Waals surface area contributed by atoms with Gasteiger partial charge in [0.1, 0.15) is 0 Å². The highest BCUT2D eigenvalue weighted by Gasteiger charge is 2.21. The summed E-state index contributed by atoms with van der Waals surface area (Å²) in [6.07, 6.45) is 4.02. The largest absolute Gasteiger partial charge is 0.341 e. The van der Waals surface area contributed by atoms with Gasteiger partial charge in [-0.1, -0.05) is 24.6 Å². The van der Waals surface area contributed by atoms with E-state index < -0.39 is 0 Å². The average Bonchev–Trinajstić information content (AvgIpc) is 2.84. The Bertz CT molecular complexity index is 505. The molecule has 3 rings (SSSR count). The van der Waals surface area contributed by atoms with Crippen molar-refractivity contribution in [1.82, 2.24) is 10.1 Å². The molecule has 0 saturated heterocycles. The quantitative estimate of drug-likeness (QED) is 0.828. The van der Waals surface area contributed by atoms with Gasteiger partial charge in [-0.05, 0) is 36.0 Å². The molecule has 1 aromatic carbocycles. The lowest BCUT2D eigenvalue weighted by atomic mass is 9.85. The third-order valence-electron chi connectivity index (χ3n) is 3.53. The lowest BCUT2D eigenvalue weighted by Gasteiger charge is -2.29. The van der Waals surface area contributed by atoms with Gasteiger partial charge in [-0.25, -0.2) is 0 Å². The number of anilines is 1. The van der Waals surface area contributed by atoms with E-state index in [1.807, 2.05) is 37.4 Å². The van der Waals surface area contributed by atoms with Crippen LogP contribution in [0, 0.1) is 5.92 Å². The predicted molar refractivity (Wildman–Crippen MR) is 70.3 cm³/mol. The van der Waals surface area contributed by atoms with E-state index >= 15 is 0 Å². The van der Waals surface area contributed by atoms with Crippen molar-refractivity contribution in [3.8, 4) is 11.5 Å². The van der Waals surface area contributed by atoms with Crippen molar-refractivity contribution in [2.45, 2.75) is 19.3 Å². The molecule has 1 saturated carbocycles. The third-order valence-corrected chi connectivity index (χ3v) is 3.53. The SMILES string of the molecule is CN(CC1CCC1)c1noc(-c2ccccc2)n1. The Morgan fingerprint density at radius 3 is 2.72 bits per heavy atom. The van der Waals surface area contributed by atoms with Gasteiger partial charge in [0.2, 0.25) is 0 Å². The molecule has 94 valence electrons. The van der Waals surface area contributed by atoms with Gasteiger partial charge in [0.05, 0.1) is 0 Å². The summed E-state index contributed by atoms with van der Waals surface area (Å²) < 4.78 is 5.30. The minimum absolute atomic E-state index is 0.589. The lowest BCUT2D eigenvalue weighted by molar-refractivity contribution is 0.319. The molecule has 0 bridgehead atoms. The molecule has 0 spiro atoms. The molecule has 1 fully saturated rings. The van der Waals surface area contributed by atoms with Crippen molar-refractivity contribution >= 4 is 5.95 Å². The molecule has 1 heterocycles. The minimum Gasteiger partial charge on any atom is -0.341 e. The lowest BCUT2D eigenvalue weighted by Crippen LogP contribution is -2.29. The normalized spacial score (nSPS) is 15.4. The number of hydrogen-bond acceptors (Lipinski definition) is 4. The van der Waals surface area contributed by atoms with Gasteiger partial charge in [-0.15, -0.1) is 0 Å². The number of hydrogen-bond donors (Lipinski definition) is 0. The Morgan fingerprint density at radius 2 is 2.06 bits per heavy atom. The summed E-state index contributed by atoms with van der Waals surface area (Å²) in [5.41, 5.74) is 0.966. The second-order valence-electron chi connectivity index (χ2n) is 4.94. The highest BCUT2D eigenvalue weighted by atomic mass is 16.5. The third kappa shape index (κ3) is 2.23. The van der Waals surface area contributed by atoms with E-state index in [9.17, 15) is 0 Å². The van der Waals surface area contributed by atoms with Gasteiger partial charge >= 0.3 is 0 Å². The summed E-state index contributed by atoms with van der Waals surface area (Å²) in [5, 5.41) is 4.04. The van der Waals surface area contributed by atoms with Crippen molar-refractivity contribution in [3.05, 3.63) is 30.3 Å². The molecule has 0 unspecified atom stereocenters. The number of nitrogens with zero attached hydrogens (tertiary/aromatic N) is 3. The Hall–Kier alpha value is -1.84. The first kappa shape index (κ1) is 11.3. The van der Waals surface area contributed by atoms with Gasteiger partial charge in [-0.3, -0.25) is 0 Å². The molecular formula is C14H17N3O. The Morgan fingerprint density at radius 1 is 1.28 bits per heavy atom. The molecule has 0 amide bonds. The molecule has 0 N–H and O–H groups in total. The molecule has 4 nitrogen and oxygen atoms in total. The maximum Gasteiger partial charge on any atom is 0.266 e. The van der Waals surface area contributed by atoms with E-state index in [-0.39, 0.29) is 0 Å². The first-order chi connectivity index (χ1) is 8.83. The van der Waals surface area contributed by atoms with Crippen molar-refractivity contribution in [2.24, 2.45) is 5.92 Å². The van der Waals surface area contributed by atoms with E-state index in [0.29, 0.717) is 11.8 Å². The Kier molecular flexibility index (Phi) is 3.00. The fourth-order valence-electron chi connectivity index (χ4n) is 2.21. The van der Waals surface area contributed by atoms with Crippen molar-refractivity contribution in [3.63, 3.8) is 0 Å². The van der Waals surface area contributed by atoms with Crippen LogP contribution >= 0.6 is 0 Å². The summed E-state index contributed by atoms with van der Waals surface area (Å²) in [5.74, 6) is 2.07. The van der Waals surface area contributed by atoms with Crippen LogP contribution in [0.15, 0.2) is 34.9 Å². The van der Waals surface area contributed by atoms with Crippen LogP contribution in [0.2, 0.25) is 0 Å². The second kappa shape index (κ2) is 4.80. The number of rotatable bonds is 4. The van der Waals surface area contributed by atoms with Crippen LogP contribution in [0.5, 0.6) is 0 Å². The number of aromatic nitrogens is 2. The van der Waals surface area contributed by atoms with Crippen LogP contribution in [0.4, 0.5) is 5.95 Å². The van der Waals surface area contributed by atoms with Crippen molar-refractivity contribution < 1.29 is 4.52 Å². The molecule has 1 aliphatic rings. The van der Waals surface area contributed by atoms with E-state index in [4.69, 9.17) is 4.52 Å². The summed E-state index contributed by atoms with van der Waals surface area (Å²) in [6, 6.07) is 9.87. The first-order valence-corrected chi connectivity index (χ1v) is 6.43. The van der Waals surface area contributed by atoms with Crippen LogP contribution in [0.1, 0.15) is 19.3 Å². The number of benzene rings is 1. The Labute approximate surface area is 107 Å². The molecule has 18 heavy (non-hydrogen) atoms. The topological polar surface area (TPSA) is 42.2 Å². The van der Waals surface area contributed by atoms with E-state index in [1.54, 1.807) is 0 Å². The maximum absolute atomic E-state index is 5.30. The fourth-order valence-corrected chi connectivity index (χ4v) is 2.21. The highest BCUT2D eigenvalue weighted by Crippen LogP contribution is 2.28. The Balaban J connectivity index is 1.72. The van der Waals surface area contributed by atoms with Gasteiger partial charge in [0, 0.05) is 19.2 Å². The maximum atomic E-state index is 5.30. The van der Waals surface area contributed by atoms with Crippen LogP contribution in [0.25, 0.3) is 11.5 Å². The molecule has 0 atom stereocenters. The van der Waals surface area contributed by atoms with Crippen LogP contribution in [0.3, 0.4) is 0 Å². The molecule has 0 aliphatic heterocycles. The molecule has 1 aromatic heterocycles. The molecular weight excluding hydrogens is 226 g/mol. The smallest absolute Gasteiger partial charge is 0.266 e. The molecule has 1 aliphatic carbocycles. The molecule has 0 radical (unpaired) electrons. The zero-order chi connectivity index (χ0) is 12.4. The second-order valence-corrected chi connectivity index (χ2v) is 4.94. The van der Waals surface area contributed by atoms with Crippen molar-refractivity contribution in [1.29, 1.82) is 0 Å². The first-order valence-electron chi connectivity index (χ1n) is 6.43. The van der Waals surface area contributed by atoms with Crippen LogP contribution in [-0.4, -0.2) is 23.7 Å². The van der Waals surface area contributed by atoms with E-state index in [0.717, 1.165) is 18.0 Å². The average molecular weight is 243 g/mol. The zero-order valence-corrected chi connectivity index (χ0v) is 10.5. The summed E-state index contributed by atoms with van der Waals surface area (Å²) in [4.78, 5) is 6.52.